The molecule has 0 saturated heterocycles. The van der Waals surface area contributed by atoms with Crippen molar-refractivity contribution in [3.8, 4) is 11.5 Å². The van der Waals surface area contributed by atoms with Crippen LogP contribution in [0, 0.1) is 0 Å². The quantitative estimate of drug-likeness (QED) is 0.567. The zero-order valence-electron chi connectivity index (χ0n) is 15.3. The molecule has 2 rings (SSSR count). The summed E-state index contributed by atoms with van der Waals surface area (Å²) < 4.78 is 40.6. The minimum atomic E-state index is -3.09. The fourth-order valence-electron chi connectivity index (χ4n) is 3.03. The summed E-state index contributed by atoms with van der Waals surface area (Å²) in [5.74, 6) is 0.819. The summed E-state index contributed by atoms with van der Waals surface area (Å²) >= 11 is 3.46. The van der Waals surface area contributed by atoms with Gasteiger partial charge in [0.05, 0.1) is 24.9 Å². The summed E-state index contributed by atoms with van der Waals surface area (Å²) in [4.78, 5) is 12.3. The Hall–Kier alpha value is -1.28. The number of carbonyl (C=O) groups excluding carboxylic acids is 1. The van der Waals surface area contributed by atoms with Crippen LogP contribution in [0.2, 0.25) is 0 Å². The Kier molecular flexibility index (Phi) is 7.34. The molecular weight excluding hydrogens is 424 g/mol. The molecule has 0 bridgehead atoms. The molecular formula is C18H25BrO6S. The highest BCUT2D eigenvalue weighted by molar-refractivity contribution is 9.10. The molecule has 0 aliphatic heterocycles. The van der Waals surface area contributed by atoms with Gasteiger partial charge < -0.3 is 14.2 Å². The van der Waals surface area contributed by atoms with Crippen LogP contribution >= 0.6 is 15.9 Å². The van der Waals surface area contributed by atoms with Crippen molar-refractivity contribution in [3.63, 3.8) is 0 Å². The van der Waals surface area contributed by atoms with Gasteiger partial charge in [-0.25, -0.2) is 8.42 Å². The number of rotatable bonds is 8. The highest BCUT2D eigenvalue weighted by Crippen LogP contribution is 2.34. The predicted molar refractivity (Wildman–Crippen MR) is 103 cm³/mol. The largest absolute Gasteiger partial charge is 0.490 e. The highest BCUT2D eigenvalue weighted by Gasteiger charge is 2.33. The Labute approximate surface area is 163 Å². The molecule has 2 unspecified atom stereocenters. The first-order valence-electron chi connectivity index (χ1n) is 8.70. The number of halogens is 1. The van der Waals surface area contributed by atoms with Crippen molar-refractivity contribution >= 4 is 31.7 Å². The molecule has 146 valence electrons. The van der Waals surface area contributed by atoms with Gasteiger partial charge in [0.2, 0.25) is 0 Å². The number of hydrogen-bond donors (Lipinski definition) is 0. The average Bonchev–Trinajstić information content (AvgIpc) is 3.00. The Bertz CT molecular complexity index is 746. The van der Waals surface area contributed by atoms with Crippen molar-refractivity contribution < 1.29 is 27.4 Å². The molecule has 1 aromatic carbocycles. The summed E-state index contributed by atoms with van der Waals surface area (Å²) in [7, 11) is -3.09. The van der Waals surface area contributed by atoms with E-state index in [2.05, 4.69) is 15.9 Å². The summed E-state index contributed by atoms with van der Waals surface area (Å²) in [5, 5.41) is -0.415. The third-order valence-electron chi connectivity index (χ3n) is 4.29. The number of esters is 1. The van der Waals surface area contributed by atoms with Gasteiger partial charge in [0.15, 0.2) is 11.5 Å². The monoisotopic (exact) mass is 448 g/mol. The molecule has 2 atom stereocenters. The van der Waals surface area contributed by atoms with Crippen LogP contribution in [0.15, 0.2) is 16.6 Å². The van der Waals surface area contributed by atoms with Gasteiger partial charge in [-0.3, -0.25) is 4.79 Å². The Morgan fingerprint density at radius 2 is 1.77 bits per heavy atom. The van der Waals surface area contributed by atoms with E-state index in [0.29, 0.717) is 44.0 Å². The van der Waals surface area contributed by atoms with Crippen LogP contribution in [0.5, 0.6) is 11.5 Å². The summed E-state index contributed by atoms with van der Waals surface area (Å²) in [6.07, 6.45) is 2.46. The van der Waals surface area contributed by atoms with Gasteiger partial charge in [-0.1, -0.05) is 15.9 Å². The molecule has 0 heterocycles. The van der Waals surface area contributed by atoms with Crippen LogP contribution in [0.1, 0.15) is 38.7 Å². The highest BCUT2D eigenvalue weighted by atomic mass is 79.9. The fourth-order valence-corrected chi connectivity index (χ4v) is 4.62. The summed E-state index contributed by atoms with van der Waals surface area (Å²) in [6, 6.07) is 3.56. The molecule has 1 saturated carbocycles. The molecule has 0 radical (unpaired) electrons. The van der Waals surface area contributed by atoms with Crippen LogP contribution in [0.3, 0.4) is 0 Å². The number of sulfone groups is 1. The molecule has 0 spiro atoms. The van der Waals surface area contributed by atoms with Crippen LogP contribution < -0.4 is 9.47 Å². The van der Waals surface area contributed by atoms with Gasteiger partial charge >= 0.3 is 5.97 Å². The van der Waals surface area contributed by atoms with Crippen molar-refractivity contribution in [3.05, 3.63) is 22.2 Å². The van der Waals surface area contributed by atoms with Crippen LogP contribution in [-0.2, 0) is 25.8 Å². The second-order valence-corrected chi connectivity index (χ2v) is 9.49. The lowest BCUT2D eigenvalue weighted by Crippen LogP contribution is -2.21. The fraction of sp³-hybridized carbons (Fsp3) is 0.611. The van der Waals surface area contributed by atoms with E-state index in [0.717, 1.165) is 10.0 Å². The topological polar surface area (TPSA) is 78.9 Å². The first kappa shape index (κ1) is 21.0. The van der Waals surface area contributed by atoms with Crippen LogP contribution in [0.25, 0.3) is 0 Å². The van der Waals surface area contributed by atoms with Crippen LogP contribution in [0.4, 0.5) is 0 Å². The van der Waals surface area contributed by atoms with E-state index in [1.54, 1.807) is 12.1 Å². The van der Waals surface area contributed by atoms with Crippen molar-refractivity contribution in [1.29, 1.82) is 0 Å². The predicted octanol–water partition coefficient (Wildman–Crippen LogP) is 3.30. The van der Waals surface area contributed by atoms with E-state index in [-0.39, 0.29) is 18.5 Å². The van der Waals surface area contributed by atoms with Gasteiger partial charge in [-0.15, -0.1) is 0 Å². The van der Waals surface area contributed by atoms with E-state index >= 15 is 0 Å². The molecule has 26 heavy (non-hydrogen) atoms. The molecule has 1 fully saturated rings. The number of benzene rings is 1. The standard InChI is InChI=1S/C18H25BrO6S/c1-4-23-16-8-12(15(19)11-17(16)24-5-2)9-18(20)25-13-6-7-14(10-13)26(3,21)22/h8,11,13-14H,4-7,9-10H2,1-3H3. The zero-order valence-corrected chi connectivity index (χ0v) is 17.7. The molecule has 6 nitrogen and oxygen atoms in total. The summed E-state index contributed by atoms with van der Waals surface area (Å²) in [5.41, 5.74) is 0.736. The number of ether oxygens (including phenoxy) is 3. The molecule has 1 aliphatic rings. The van der Waals surface area contributed by atoms with Gasteiger partial charge in [0.1, 0.15) is 15.9 Å². The van der Waals surface area contributed by atoms with E-state index in [1.807, 2.05) is 13.8 Å². The SMILES string of the molecule is CCOc1cc(Br)c(CC(=O)OC2CCC(S(C)(=O)=O)C2)cc1OCC. The van der Waals surface area contributed by atoms with E-state index in [9.17, 15) is 13.2 Å². The lowest BCUT2D eigenvalue weighted by atomic mass is 10.1. The van der Waals surface area contributed by atoms with E-state index < -0.39 is 15.1 Å². The first-order valence-corrected chi connectivity index (χ1v) is 11.5. The first-order chi connectivity index (χ1) is 12.2. The van der Waals surface area contributed by atoms with E-state index in [4.69, 9.17) is 14.2 Å². The van der Waals surface area contributed by atoms with E-state index in [1.165, 1.54) is 6.26 Å². The second-order valence-electron chi connectivity index (χ2n) is 6.31. The van der Waals surface area contributed by atoms with Gasteiger partial charge in [0.25, 0.3) is 0 Å². The van der Waals surface area contributed by atoms with Crippen molar-refractivity contribution in [2.45, 2.75) is 50.9 Å². The normalized spacial score (nSPS) is 20.0. The number of carbonyl (C=O) groups is 1. The van der Waals surface area contributed by atoms with Gasteiger partial charge in [0, 0.05) is 17.1 Å². The zero-order chi connectivity index (χ0) is 19.3. The van der Waals surface area contributed by atoms with Gasteiger partial charge in [-0.2, -0.15) is 0 Å². The molecule has 0 aromatic heterocycles. The lowest BCUT2D eigenvalue weighted by molar-refractivity contribution is -0.147. The van der Waals surface area contributed by atoms with Crippen molar-refractivity contribution in [1.82, 2.24) is 0 Å². The molecule has 1 aliphatic carbocycles. The second kappa shape index (κ2) is 9.08. The third kappa shape index (κ3) is 5.61. The smallest absolute Gasteiger partial charge is 0.310 e. The molecule has 8 heteroatoms. The number of hydrogen-bond acceptors (Lipinski definition) is 6. The minimum Gasteiger partial charge on any atom is -0.490 e. The minimum absolute atomic E-state index is 0.0765. The molecule has 1 aromatic rings. The maximum Gasteiger partial charge on any atom is 0.310 e. The van der Waals surface area contributed by atoms with Gasteiger partial charge in [-0.05, 0) is 44.4 Å². The Balaban J connectivity index is 2.03. The van der Waals surface area contributed by atoms with Crippen molar-refractivity contribution in [2.75, 3.05) is 19.5 Å². The summed E-state index contributed by atoms with van der Waals surface area (Å²) in [6.45, 7) is 4.77. The lowest BCUT2D eigenvalue weighted by Gasteiger charge is -2.15. The Morgan fingerprint density at radius 3 is 2.31 bits per heavy atom. The molecule has 0 N–H and O–H groups in total. The third-order valence-corrected chi connectivity index (χ3v) is 6.66. The van der Waals surface area contributed by atoms with Crippen molar-refractivity contribution in [2.24, 2.45) is 0 Å². The van der Waals surface area contributed by atoms with Crippen LogP contribution in [-0.4, -0.2) is 45.2 Å². The maximum absolute atomic E-state index is 12.3. The average molecular weight is 449 g/mol. The maximum atomic E-state index is 12.3. The Morgan fingerprint density at radius 1 is 1.15 bits per heavy atom. The molecule has 0 amide bonds.